The third-order valence-corrected chi connectivity index (χ3v) is 3.90. The summed E-state index contributed by atoms with van der Waals surface area (Å²) in [7, 11) is 0. The molecular weight excluding hydrogens is 296 g/mol. The summed E-state index contributed by atoms with van der Waals surface area (Å²) < 4.78 is 0. The first kappa shape index (κ1) is 15.9. The molecule has 0 fully saturated rings. The van der Waals surface area contributed by atoms with Crippen LogP contribution in [0.25, 0.3) is 0 Å². The van der Waals surface area contributed by atoms with E-state index in [-0.39, 0.29) is 11.8 Å². The van der Waals surface area contributed by atoms with Crippen LogP contribution in [0.15, 0.2) is 78.9 Å². The standard InChI is InChI=1S/C21H20N2O/c1-16-9-8-14-21(22-16)23-19(17-10-4-2-5-11-17)15-20(24)18-12-6-3-7-13-18/h2-14,19H,15H2,1H3,(H,22,23). The molecule has 1 unspecified atom stereocenters. The number of ketones is 1. The van der Waals surface area contributed by atoms with E-state index in [1.807, 2.05) is 85.8 Å². The molecule has 0 radical (unpaired) electrons. The maximum atomic E-state index is 12.6. The monoisotopic (exact) mass is 316 g/mol. The Labute approximate surface area is 142 Å². The van der Waals surface area contributed by atoms with Crippen molar-refractivity contribution < 1.29 is 4.79 Å². The van der Waals surface area contributed by atoms with Crippen LogP contribution in [-0.2, 0) is 0 Å². The van der Waals surface area contributed by atoms with Crippen LogP contribution in [-0.4, -0.2) is 10.8 Å². The van der Waals surface area contributed by atoms with E-state index < -0.39 is 0 Å². The van der Waals surface area contributed by atoms with Gasteiger partial charge in [0.05, 0.1) is 6.04 Å². The van der Waals surface area contributed by atoms with Gasteiger partial charge in [-0.3, -0.25) is 4.79 Å². The van der Waals surface area contributed by atoms with Gasteiger partial charge in [-0.15, -0.1) is 0 Å². The number of pyridine rings is 1. The van der Waals surface area contributed by atoms with E-state index in [1.54, 1.807) is 0 Å². The Balaban J connectivity index is 1.84. The molecule has 0 bridgehead atoms. The van der Waals surface area contributed by atoms with Crippen LogP contribution in [0.2, 0.25) is 0 Å². The van der Waals surface area contributed by atoms with Crippen LogP contribution in [0.3, 0.4) is 0 Å². The molecule has 1 aromatic heterocycles. The minimum Gasteiger partial charge on any atom is -0.363 e. The fraction of sp³-hybridized carbons (Fsp3) is 0.143. The summed E-state index contributed by atoms with van der Waals surface area (Å²) in [6, 6.07) is 25.2. The highest BCUT2D eigenvalue weighted by molar-refractivity contribution is 5.96. The summed E-state index contributed by atoms with van der Waals surface area (Å²) in [6.45, 7) is 1.96. The van der Waals surface area contributed by atoms with Crippen LogP contribution in [0, 0.1) is 6.92 Å². The van der Waals surface area contributed by atoms with Crippen molar-refractivity contribution in [2.45, 2.75) is 19.4 Å². The number of Topliss-reactive ketones (excluding diaryl/α,β-unsaturated/α-hetero) is 1. The number of rotatable bonds is 6. The Kier molecular flexibility index (Phi) is 5.02. The number of aryl methyl sites for hydroxylation is 1. The van der Waals surface area contributed by atoms with E-state index in [0.717, 1.165) is 22.6 Å². The summed E-state index contributed by atoms with van der Waals surface area (Å²) in [5.74, 6) is 0.898. The SMILES string of the molecule is Cc1cccc(NC(CC(=O)c2ccccc2)c2ccccc2)n1. The number of nitrogens with one attached hydrogen (secondary N) is 1. The molecule has 0 amide bonds. The number of hydrogen-bond acceptors (Lipinski definition) is 3. The van der Waals surface area contributed by atoms with Gasteiger partial charge in [0.1, 0.15) is 5.82 Å². The molecule has 120 valence electrons. The second kappa shape index (κ2) is 7.55. The zero-order valence-corrected chi connectivity index (χ0v) is 13.6. The summed E-state index contributed by atoms with van der Waals surface area (Å²) in [5.41, 5.74) is 2.75. The first-order valence-electron chi connectivity index (χ1n) is 8.06. The highest BCUT2D eigenvalue weighted by Gasteiger charge is 2.17. The topological polar surface area (TPSA) is 42.0 Å². The highest BCUT2D eigenvalue weighted by atomic mass is 16.1. The van der Waals surface area contributed by atoms with Crippen molar-refractivity contribution in [3.8, 4) is 0 Å². The molecule has 3 heteroatoms. The lowest BCUT2D eigenvalue weighted by Gasteiger charge is -2.19. The van der Waals surface area contributed by atoms with Gasteiger partial charge in [0, 0.05) is 17.7 Å². The maximum Gasteiger partial charge on any atom is 0.165 e. The number of aromatic nitrogens is 1. The van der Waals surface area contributed by atoms with E-state index in [1.165, 1.54) is 0 Å². The van der Waals surface area contributed by atoms with Crippen molar-refractivity contribution in [2.24, 2.45) is 0 Å². The molecule has 0 spiro atoms. The van der Waals surface area contributed by atoms with E-state index in [2.05, 4.69) is 10.3 Å². The predicted molar refractivity (Wildman–Crippen MR) is 97.2 cm³/mol. The molecule has 2 aromatic carbocycles. The Morgan fingerprint density at radius 2 is 1.58 bits per heavy atom. The average Bonchev–Trinajstić information content (AvgIpc) is 2.63. The molecule has 0 aliphatic carbocycles. The quantitative estimate of drug-likeness (QED) is 0.663. The molecule has 3 nitrogen and oxygen atoms in total. The lowest BCUT2D eigenvalue weighted by molar-refractivity contribution is 0.0976. The van der Waals surface area contributed by atoms with Crippen LogP contribution in [0.1, 0.15) is 34.1 Å². The minimum absolute atomic E-state index is 0.115. The number of carbonyl (C=O) groups excluding carboxylic acids is 1. The molecule has 0 aliphatic rings. The second-order valence-corrected chi connectivity index (χ2v) is 5.77. The van der Waals surface area contributed by atoms with E-state index in [4.69, 9.17) is 0 Å². The van der Waals surface area contributed by atoms with Crippen LogP contribution < -0.4 is 5.32 Å². The Morgan fingerprint density at radius 1 is 0.917 bits per heavy atom. The molecule has 0 saturated carbocycles. The van der Waals surface area contributed by atoms with Gasteiger partial charge in [-0.25, -0.2) is 4.98 Å². The number of benzene rings is 2. The van der Waals surface area contributed by atoms with Crippen molar-refractivity contribution in [2.75, 3.05) is 5.32 Å². The second-order valence-electron chi connectivity index (χ2n) is 5.77. The lowest BCUT2D eigenvalue weighted by atomic mass is 9.98. The Hall–Kier alpha value is -2.94. The first-order valence-corrected chi connectivity index (χ1v) is 8.06. The Morgan fingerprint density at radius 3 is 2.25 bits per heavy atom. The number of hydrogen-bond donors (Lipinski definition) is 1. The van der Waals surface area contributed by atoms with Gasteiger partial charge in [-0.2, -0.15) is 0 Å². The largest absolute Gasteiger partial charge is 0.363 e. The van der Waals surface area contributed by atoms with Crippen molar-refractivity contribution >= 4 is 11.6 Å². The average molecular weight is 316 g/mol. The number of carbonyl (C=O) groups is 1. The number of anilines is 1. The maximum absolute atomic E-state index is 12.6. The van der Waals surface area contributed by atoms with Gasteiger partial charge in [-0.1, -0.05) is 66.7 Å². The summed E-state index contributed by atoms with van der Waals surface area (Å²) in [5, 5.41) is 3.40. The van der Waals surface area contributed by atoms with Crippen LogP contribution >= 0.6 is 0 Å². The minimum atomic E-state index is -0.117. The van der Waals surface area contributed by atoms with Crippen molar-refractivity contribution in [3.05, 3.63) is 95.7 Å². The molecule has 3 aromatic rings. The molecule has 3 rings (SSSR count). The third-order valence-electron chi connectivity index (χ3n) is 3.90. The summed E-state index contributed by atoms with van der Waals surface area (Å²) >= 11 is 0. The molecule has 0 saturated heterocycles. The highest BCUT2D eigenvalue weighted by Crippen LogP contribution is 2.23. The van der Waals surface area contributed by atoms with Gasteiger partial charge < -0.3 is 5.32 Å². The lowest BCUT2D eigenvalue weighted by Crippen LogP contribution is -2.16. The molecular formula is C21H20N2O. The molecule has 1 N–H and O–H groups in total. The predicted octanol–water partition coefficient (Wildman–Crippen LogP) is 4.82. The van der Waals surface area contributed by atoms with Crippen LogP contribution in [0.4, 0.5) is 5.82 Å². The van der Waals surface area contributed by atoms with Gasteiger partial charge >= 0.3 is 0 Å². The first-order chi connectivity index (χ1) is 11.7. The van der Waals surface area contributed by atoms with E-state index >= 15 is 0 Å². The molecule has 0 aliphatic heterocycles. The normalized spacial score (nSPS) is 11.7. The number of nitrogens with zero attached hydrogens (tertiary/aromatic N) is 1. The van der Waals surface area contributed by atoms with Gasteiger partial charge in [0.2, 0.25) is 0 Å². The van der Waals surface area contributed by atoms with Crippen LogP contribution in [0.5, 0.6) is 0 Å². The zero-order valence-electron chi connectivity index (χ0n) is 13.6. The zero-order chi connectivity index (χ0) is 16.8. The Bertz CT molecular complexity index is 800. The summed E-state index contributed by atoms with van der Waals surface area (Å²) in [6.07, 6.45) is 0.379. The fourth-order valence-electron chi connectivity index (χ4n) is 2.67. The van der Waals surface area contributed by atoms with Gasteiger partial charge in [-0.05, 0) is 24.6 Å². The van der Waals surface area contributed by atoms with E-state index in [0.29, 0.717) is 6.42 Å². The smallest absolute Gasteiger partial charge is 0.165 e. The molecule has 1 heterocycles. The van der Waals surface area contributed by atoms with Crippen molar-refractivity contribution in [1.82, 2.24) is 4.98 Å². The fourth-order valence-corrected chi connectivity index (χ4v) is 2.67. The molecule has 1 atom stereocenters. The van der Waals surface area contributed by atoms with Gasteiger partial charge in [0.25, 0.3) is 0 Å². The third kappa shape index (κ3) is 4.07. The van der Waals surface area contributed by atoms with Crippen molar-refractivity contribution in [3.63, 3.8) is 0 Å². The van der Waals surface area contributed by atoms with Crippen molar-refractivity contribution in [1.29, 1.82) is 0 Å². The summed E-state index contributed by atoms with van der Waals surface area (Å²) in [4.78, 5) is 17.1. The molecule has 24 heavy (non-hydrogen) atoms. The van der Waals surface area contributed by atoms with E-state index in [9.17, 15) is 4.79 Å². The van der Waals surface area contributed by atoms with Gasteiger partial charge in [0.15, 0.2) is 5.78 Å².